The second-order valence-electron chi connectivity index (χ2n) is 7.42. The van der Waals surface area contributed by atoms with Gasteiger partial charge in [-0.1, -0.05) is 62.7 Å². The van der Waals surface area contributed by atoms with Crippen LogP contribution in [0.4, 0.5) is 0 Å². The molecule has 0 aromatic heterocycles. The van der Waals surface area contributed by atoms with E-state index in [1.54, 1.807) is 0 Å². The molecule has 160 valence electrons. The minimum atomic E-state index is -0.517. The van der Waals surface area contributed by atoms with Crippen molar-refractivity contribution >= 4 is 16.7 Å². The van der Waals surface area contributed by atoms with E-state index in [0.717, 1.165) is 12.8 Å². The maximum atomic E-state index is 13.2. The van der Waals surface area contributed by atoms with Gasteiger partial charge in [0.25, 0.3) is 0 Å². The van der Waals surface area contributed by atoms with E-state index in [1.807, 2.05) is 37.8 Å². The lowest BCUT2D eigenvalue weighted by Crippen LogP contribution is -2.50. The van der Waals surface area contributed by atoms with Crippen molar-refractivity contribution in [2.75, 3.05) is 26.3 Å². The van der Waals surface area contributed by atoms with Crippen LogP contribution in [0.2, 0.25) is 0 Å². The highest BCUT2D eigenvalue weighted by atomic mass is 16.7. The van der Waals surface area contributed by atoms with Crippen molar-refractivity contribution in [3.63, 3.8) is 0 Å². The summed E-state index contributed by atoms with van der Waals surface area (Å²) in [4.78, 5) is 15.0. The third kappa shape index (κ3) is 6.53. The molecule has 2 N–H and O–H groups in total. The molecule has 0 aliphatic carbocycles. The van der Waals surface area contributed by atoms with E-state index in [-0.39, 0.29) is 11.8 Å². The number of hydrogen-bond donors (Lipinski definition) is 1. The van der Waals surface area contributed by atoms with Gasteiger partial charge in [0.2, 0.25) is 5.91 Å². The molecule has 0 radical (unpaired) electrons. The molecule has 2 rings (SSSR count). The normalized spacial score (nSPS) is 13.6. The van der Waals surface area contributed by atoms with Gasteiger partial charge in [-0.3, -0.25) is 4.79 Å². The highest BCUT2D eigenvalue weighted by Crippen LogP contribution is 2.20. The van der Waals surface area contributed by atoms with Gasteiger partial charge >= 0.3 is 0 Å². The Bertz CT molecular complexity index is 753. The molecule has 29 heavy (non-hydrogen) atoms. The molecule has 0 bridgehead atoms. The van der Waals surface area contributed by atoms with Gasteiger partial charge in [-0.05, 0) is 42.5 Å². The molecule has 0 unspecified atom stereocenters. The number of rotatable bonds is 12. The summed E-state index contributed by atoms with van der Waals surface area (Å²) in [5.74, 6) is 0.0872. The predicted octanol–water partition coefficient (Wildman–Crippen LogP) is 3.98. The number of amides is 1. The van der Waals surface area contributed by atoms with Crippen LogP contribution in [0.15, 0.2) is 42.5 Å². The Morgan fingerprint density at radius 1 is 1.03 bits per heavy atom. The van der Waals surface area contributed by atoms with Gasteiger partial charge in [0, 0.05) is 19.8 Å². The zero-order valence-electron chi connectivity index (χ0n) is 18.3. The predicted molar refractivity (Wildman–Crippen MR) is 119 cm³/mol. The molecule has 0 aliphatic rings. The topological polar surface area (TPSA) is 64.8 Å². The zero-order chi connectivity index (χ0) is 21.2. The number of nitrogens with zero attached hydrogens (tertiary/aromatic N) is 1. The number of fused-ring (bicyclic) bond motifs is 1. The lowest BCUT2D eigenvalue weighted by molar-refractivity contribution is -0.160. The molecule has 2 aromatic carbocycles. The smallest absolute Gasteiger partial charge is 0.239 e. The first-order chi connectivity index (χ1) is 14.0. The van der Waals surface area contributed by atoms with Gasteiger partial charge < -0.3 is 20.1 Å². The van der Waals surface area contributed by atoms with E-state index < -0.39 is 12.3 Å². The Labute approximate surface area is 175 Å². The lowest BCUT2D eigenvalue weighted by Gasteiger charge is -2.31. The molecule has 1 amide bonds. The summed E-state index contributed by atoms with van der Waals surface area (Å²) in [5.41, 5.74) is 7.51. The van der Waals surface area contributed by atoms with Crippen molar-refractivity contribution in [3.05, 3.63) is 48.0 Å². The Morgan fingerprint density at radius 2 is 1.69 bits per heavy atom. The summed E-state index contributed by atoms with van der Waals surface area (Å²) in [5, 5.41) is 2.43. The van der Waals surface area contributed by atoms with Gasteiger partial charge in [-0.15, -0.1) is 0 Å². The van der Waals surface area contributed by atoms with Crippen LogP contribution >= 0.6 is 0 Å². The maximum absolute atomic E-state index is 13.2. The van der Waals surface area contributed by atoms with E-state index in [9.17, 15) is 4.79 Å². The minimum absolute atomic E-state index is 0.0380. The van der Waals surface area contributed by atoms with E-state index in [0.29, 0.717) is 26.3 Å². The fourth-order valence-electron chi connectivity index (χ4n) is 3.47. The van der Waals surface area contributed by atoms with Crippen LogP contribution in [-0.4, -0.2) is 49.4 Å². The second kappa shape index (κ2) is 11.9. The molecule has 0 saturated heterocycles. The van der Waals surface area contributed by atoms with Crippen LogP contribution in [0.1, 0.15) is 39.7 Å². The van der Waals surface area contributed by atoms with Crippen molar-refractivity contribution in [2.45, 2.75) is 52.9 Å². The van der Waals surface area contributed by atoms with E-state index in [1.165, 1.54) is 16.3 Å². The third-order valence-electron chi connectivity index (χ3n) is 5.46. The van der Waals surface area contributed by atoms with Gasteiger partial charge in [-0.2, -0.15) is 0 Å². The molecule has 0 aliphatic heterocycles. The largest absolute Gasteiger partial charge is 0.351 e. The first-order valence-corrected chi connectivity index (χ1v) is 10.8. The minimum Gasteiger partial charge on any atom is -0.351 e. The number of benzene rings is 2. The number of hydrogen-bond acceptors (Lipinski definition) is 4. The average Bonchev–Trinajstić information content (AvgIpc) is 2.75. The van der Waals surface area contributed by atoms with Gasteiger partial charge in [-0.25, -0.2) is 0 Å². The lowest BCUT2D eigenvalue weighted by atomic mass is 9.98. The Morgan fingerprint density at radius 3 is 2.34 bits per heavy atom. The highest BCUT2D eigenvalue weighted by Gasteiger charge is 2.27. The quantitative estimate of drug-likeness (QED) is 0.547. The van der Waals surface area contributed by atoms with Gasteiger partial charge in [0.15, 0.2) is 6.29 Å². The molecular weight excluding hydrogens is 364 g/mol. The summed E-state index contributed by atoms with van der Waals surface area (Å²) < 4.78 is 11.4. The average molecular weight is 401 g/mol. The van der Waals surface area contributed by atoms with Crippen LogP contribution < -0.4 is 5.73 Å². The van der Waals surface area contributed by atoms with Crippen molar-refractivity contribution in [1.82, 2.24) is 4.90 Å². The van der Waals surface area contributed by atoms with E-state index in [2.05, 4.69) is 37.3 Å². The maximum Gasteiger partial charge on any atom is 0.239 e. The van der Waals surface area contributed by atoms with Crippen LogP contribution in [0.3, 0.4) is 0 Å². The van der Waals surface area contributed by atoms with E-state index in [4.69, 9.17) is 15.2 Å². The summed E-state index contributed by atoms with van der Waals surface area (Å²) in [6.45, 7) is 9.97. The number of ether oxygens (including phenoxy) is 2. The molecular formula is C24H36N2O3. The molecule has 0 spiro atoms. The molecule has 2 aromatic rings. The van der Waals surface area contributed by atoms with Gasteiger partial charge in [0.1, 0.15) is 0 Å². The first kappa shape index (κ1) is 23.3. The first-order valence-electron chi connectivity index (χ1n) is 10.8. The number of carbonyl (C=O) groups is 1. The summed E-state index contributed by atoms with van der Waals surface area (Å²) >= 11 is 0. The fourth-order valence-corrected chi connectivity index (χ4v) is 3.47. The van der Waals surface area contributed by atoms with Crippen LogP contribution in [-0.2, 0) is 20.7 Å². The van der Waals surface area contributed by atoms with Crippen molar-refractivity contribution in [2.24, 2.45) is 11.7 Å². The summed E-state index contributed by atoms with van der Waals surface area (Å²) in [7, 11) is 0. The SMILES string of the molecule is CCOC(CN(CCc1cccc2ccccc12)C(=O)[C@@H](N)[C@@H](C)CC)OCC. The molecule has 0 saturated carbocycles. The van der Waals surface area contributed by atoms with E-state index >= 15 is 0 Å². The summed E-state index contributed by atoms with van der Waals surface area (Å²) in [6.07, 6.45) is 1.18. The van der Waals surface area contributed by atoms with Crippen molar-refractivity contribution in [1.29, 1.82) is 0 Å². The molecule has 5 nitrogen and oxygen atoms in total. The highest BCUT2D eigenvalue weighted by molar-refractivity contribution is 5.86. The van der Waals surface area contributed by atoms with Crippen LogP contribution in [0.5, 0.6) is 0 Å². The van der Waals surface area contributed by atoms with Crippen LogP contribution in [0.25, 0.3) is 10.8 Å². The second-order valence-corrected chi connectivity index (χ2v) is 7.42. The van der Waals surface area contributed by atoms with Crippen molar-refractivity contribution < 1.29 is 14.3 Å². The number of nitrogens with two attached hydrogens (primary N) is 1. The Balaban J connectivity index is 2.20. The van der Waals surface area contributed by atoms with Gasteiger partial charge in [0.05, 0.1) is 12.6 Å². The monoisotopic (exact) mass is 400 g/mol. The fraction of sp³-hybridized carbons (Fsp3) is 0.542. The Kier molecular flexibility index (Phi) is 9.58. The molecule has 2 atom stereocenters. The standard InChI is InChI=1S/C24H36N2O3/c1-5-18(4)23(25)24(27)26(17-22(28-6-2)29-7-3)16-15-20-13-10-12-19-11-8-9-14-21(19)20/h8-14,18,22-23H,5-7,15-17,25H2,1-4H3/t18-,23-/m0/s1. The Hall–Kier alpha value is -1.95. The molecule has 0 heterocycles. The van der Waals surface area contributed by atoms with Crippen LogP contribution in [0, 0.1) is 5.92 Å². The molecule has 5 heteroatoms. The van der Waals surface area contributed by atoms with Crippen molar-refractivity contribution in [3.8, 4) is 0 Å². The zero-order valence-corrected chi connectivity index (χ0v) is 18.3. The number of carbonyl (C=O) groups excluding carboxylic acids is 1. The molecule has 0 fully saturated rings. The summed E-state index contributed by atoms with van der Waals surface area (Å²) in [6, 6.07) is 14.1. The third-order valence-corrected chi connectivity index (χ3v) is 5.46.